The second-order valence-electron chi connectivity index (χ2n) is 4.37. The summed E-state index contributed by atoms with van der Waals surface area (Å²) >= 11 is 6.22. The zero-order valence-corrected chi connectivity index (χ0v) is 9.54. The van der Waals surface area contributed by atoms with Gasteiger partial charge in [0.15, 0.2) is 0 Å². The molecule has 1 aliphatic rings. The number of halogens is 1. The molecule has 3 unspecified atom stereocenters. The first-order valence-corrected chi connectivity index (χ1v) is 5.74. The van der Waals surface area contributed by atoms with Gasteiger partial charge in [0.05, 0.1) is 0 Å². The van der Waals surface area contributed by atoms with E-state index in [0.717, 1.165) is 18.8 Å². The fourth-order valence-corrected chi connectivity index (χ4v) is 2.75. The van der Waals surface area contributed by atoms with Crippen molar-refractivity contribution in [2.75, 3.05) is 0 Å². The summed E-state index contributed by atoms with van der Waals surface area (Å²) in [5, 5.41) is 4.58. The van der Waals surface area contributed by atoms with Crippen LogP contribution in [0, 0.1) is 5.92 Å². The van der Waals surface area contributed by atoms with Gasteiger partial charge >= 0.3 is 0 Å². The Kier molecular flexibility index (Phi) is 2.82. The Labute approximate surface area is 90.3 Å². The third kappa shape index (κ3) is 1.81. The number of nitrogens with zero attached hydrogens (tertiary/aromatic N) is 2. The van der Waals surface area contributed by atoms with Crippen LogP contribution in [0.25, 0.3) is 0 Å². The minimum Gasteiger partial charge on any atom is -0.272 e. The van der Waals surface area contributed by atoms with Crippen molar-refractivity contribution < 1.29 is 0 Å². The lowest BCUT2D eigenvalue weighted by molar-refractivity contribution is 0.322. The minimum atomic E-state index is 0.353. The number of aryl methyl sites for hydroxylation is 1. The molecule has 0 aromatic carbocycles. The molecule has 1 aromatic heterocycles. The van der Waals surface area contributed by atoms with Crippen molar-refractivity contribution in [3.05, 3.63) is 18.0 Å². The molecule has 3 atom stereocenters. The molecule has 0 radical (unpaired) electrons. The molecule has 0 bridgehead atoms. The van der Waals surface area contributed by atoms with Gasteiger partial charge in [0.1, 0.15) is 0 Å². The lowest BCUT2D eigenvalue weighted by Crippen LogP contribution is -2.23. The molecule has 0 amide bonds. The summed E-state index contributed by atoms with van der Waals surface area (Å²) < 4.78 is 1.98. The summed E-state index contributed by atoms with van der Waals surface area (Å²) in [5.41, 5.74) is 1.34. The number of alkyl halides is 1. The lowest BCUT2D eigenvalue weighted by Gasteiger charge is -2.31. The SMILES string of the molecule is CC1CCC(Cl)CC1c1ccnn1C. The molecule has 2 rings (SSSR count). The lowest BCUT2D eigenvalue weighted by atomic mass is 9.78. The van der Waals surface area contributed by atoms with Crippen LogP contribution in [0.4, 0.5) is 0 Å². The maximum absolute atomic E-state index is 6.22. The maximum Gasteiger partial charge on any atom is 0.0492 e. The molecule has 0 spiro atoms. The summed E-state index contributed by atoms with van der Waals surface area (Å²) in [6.07, 6.45) is 5.38. The normalized spacial score (nSPS) is 33.2. The molecular weight excluding hydrogens is 196 g/mol. The van der Waals surface area contributed by atoms with Gasteiger partial charge < -0.3 is 0 Å². The van der Waals surface area contributed by atoms with Gasteiger partial charge in [-0.15, -0.1) is 11.6 Å². The van der Waals surface area contributed by atoms with Crippen LogP contribution in [0.2, 0.25) is 0 Å². The molecule has 14 heavy (non-hydrogen) atoms. The number of hydrogen-bond acceptors (Lipinski definition) is 1. The van der Waals surface area contributed by atoms with Gasteiger partial charge in [-0.25, -0.2) is 0 Å². The monoisotopic (exact) mass is 212 g/mol. The molecule has 1 saturated carbocycles. The van der Waals surface area contributed by atoms with E-state index in [-0.39, 0.29) is 0 Å². The highest BCUT2D eigenvalue weighted by molar-refractivity contribution is 6.20. The van der Waals surface area contributed by atoms with E-state index in [0.29, 0.717) is 11.3 Å². The maximum atomic E-state index is 6.22. The molecule has 1 heterocycles. The van der Waals surface area contributed by atoms with Crippen LogP contribution in [0.15, 0.2) is 12.3 Å². The predicted molar refractivity (Wildman–Crippen MR) is 58.6 cm³/mol. The predicted octanol–water partition coefficient (Wildman–Crippen LogP) is 2.93. The zero-order valence-electron chi connectivity index (χ0n) is 8.78. The molecule has 78 valence electrons. The summed E-state index contributed by atoms with van der Waals surface area (Å²) in [6, 6.07) is 2.12. The van der Waals surface area contributed by atoms with E-state index in [1.165, 1.54) is 12.1 Å². The highest BCUT2D eigenvalue weighted by Crippen LogP contribution is 2.39. The Balaban J connectivity index is 2.20. The van der Waals surface area contributed by atoms with Crippen molar-refractivity contribution in [3.63, 3.8) is 0 Å². The second-order valence-corrected chi connectivity index (χ2v) is 4.99. The van der Waals surface area contributed by atoms with E-state index in [1.807, 2.05) is 17.9 Å². The van der Waals surface area contributed by atoms with Crippen molar-refractivity contribution in [2.24, 2.45) is 13.0 Å². The number of aromatic nitrogens is 2. The smallest absolute Gasteiger partial charge is 0.0492 e. The van der Waals surface area contributed by atoms with Crippen LogP contribution >= 0.6 is 11.6 Å². The van der Waals surface area contributed by atoms with Gasteiger partial charge in [-0.05, 0) is 31.2 Å². The van der Waals surface area contributed by atoms with Gasteiger partial charge in [-0.2, -0.15) is 5.10 Å². The Hall–Kier alpha value is -0.500. The van der Waals surface area contributed by atoms with E-state index in [1.54, 1.807) is 0 Å². The standard InChI is InChI=1S/C11H17ClN2/c1-8-3-4-9(12)7-10(8)11-5-6-13-14(11)2/h5-6,8-10H,3-4,7H2,1-2H3. The van der Waals surface area contributed by atoms with Crippen molar-refractivity contribution in [3.8, 4) is 0 Å². The van der Waals surface area contributed by atoms with E-state index in [9.17, 15) is 0 Å². The average molecular weight is 213 g/mol. The fraction of sp³-hybridized carbons (Fsp3) is 0.727. The fourth-order valence-electron chi connectivity index (χ4n) is 2.43. The van der Waals surface area contributed by atoms with Gasteiger partial charge in [0, 0.05) is 30.2 Å². The van der Waals surface area contributed by atoms with Crippen molar-refractivity contribution in [2.45, 2.75) is 37.5 Å². The van der Waals surface area contributed by atoms with Gasteiger partial charge in [-0.3, -0.25) is 4.68 Å². The molecule has 0 saturated heterocycles. The van der Waals surface area contributed by atoms with Crippen LogP contribution in [0.3, 0.4) is 0 Å². The van der Waals surface area contributed by atoms with E-state index < -0.39 is 0 Å². The van der Waals surface area contributed by atoms with Gasteiger partial charge in [0.2, 0.25) is 0 Å². The van der Waals surface area contributed by atoms with E-state index >= 15 is 0 Å². The molecule has 0 N–H and O–H groups in total. The number of hydrogen-bond donors (Lipinski definition) is 0. The summed E-state index contributed by atoms with van der Waals surface area (Å²) in [6.45, 7) is 2.32. The molecule has 0 aliphatic heterocycles. The Bertz CT molecular complexity index is 308. The quantitative estimate of drug-likeness (QED) is 0.655. The minimum absolute atomic E-state index is 0.353. The van der Waals surface area contributed by atoms with Crippen LogP contribution in [-0.4, -0.2) is 15.2 Å². The van der Waals surface area contributed by atoms with Crippen LogP contribution < -0.4 is 0 Å². The topological polar surface area (TPSA) is 17.8 Å². The Morgan fingerprint density at radius 3 is 2.93 bits per heavy atom. The molecule has 1 aliphatic carbocycles. The van der Waals surface area contributed by atoms with Crippen LogP contribution in [-0.2, 0) is 7.05 Å². The third-order valence-corrected chi connectivity index (χ3v) is 3.77. The molecule has 1 fully saturated rings. The second kappa shape index (κ2) is 3.93. The molecule has 3 heteroatoms. The van der Waals surface area contributed by atoms with Gasteiger partial charge in [0.25, 0.3) is 0 Å². The van der Waals surface area contributed by atoms with E-state index in [4.69, 9.17) is 11.6 Å². The summed E-state index contributed by atoms with van der Waals surface area (Å²) in [5.74, 6) is 1.33. The third-order valence-electron chi connectivity index (χ3n) is 3.37. The first kappa shape index (κ1) is 10.0. The van der Waals surface area contributed by atoms with Gasteiger partial charge in [-0.1, -0.05) is 6.92 Å². The molecule has 2 nitrogen and oxygen atoms in total. The largest absolute Gasteiger partial charge is 0.272 e. The Morgan fingerprint density at radius 2 is 2.29 bits per heavy atom. The zero-order chi connectivity index (χ0) is 10.1. The highest BCUT2D eigenvalue weighted by Gasteiger charge is 2.29. The average Bonchev–Trinajstić information content (AvgIpc) is 2.56. The van der Waals surface area contributed by atoms with Crippen molar-refractivity contribution >= 4 is 11.6 Å². The first-order valence-electron chi connectivity index (χ1n) is 5.30. The summed E-state index contributed by atoms with van der Waals surface area (Å²) in [7, 11) is 2.01. The van der Waals surface area contributed by atoms with Crippen molar-refractivity contribution in [1.82, 2.24) is 9.78 Å². The number of rotatable bonds is 1. The molecule has 1 aromatic rings. The van der Waals surface area contributed by atoms with Crippen LogP contribution in [0.5, 0.6) is 0 Å². The Morgan fingerprint density at radius 1 is 1.50 bits per heavy atom. The van der Waals surface area contributed by atoms with Crippen molar-refractivity contribution in [1.29, 1.82) is 0 Å². The highest BCUT2D eigenvalue weighted by atomic mass is 35.5. The molecular formula is C11H17ClN2. The first-order chi connectivity index (χ1) is 6.68. The summed E-state index contributed by atoms with van der Waals surface area (Å²) in [4.78, 5) is 0. The van der Waals surface area contributed by atoms with E-state index in [2.05, 4.69) is 18.1 Å². The van der Waals surface area contributed by atoms with Crippen LogP contribution in [0.1, 0.15) is 37.8 Å².